The van der Waals surface area contributed by atoms with Crippen LogP contribution in [0.25, 0.3) is 5.76 Å². The molecule has 41 heavy (non-hydrogen) atoms. The minimum atomic E-state index is -0.690. The molecule has 5 rings (SSSR count). The second-order valence-electron chi connectivity index (χ2n) is 10.7. The van der Waals surface area contributed by atoms with E-state index in [1.54, 1.807) is 29.2 Å². The molecule has 8 nitrogen and oxygen atoms in total. The number of aliphatic hydroxyl groups is 1. The molecule has 8 heteroatoms. The van der Waals surface area contributed by atoms with Crippen LogP contribution in [0, 0.1) is 6.92 Å². The lowest BCUT2D eigenvalue weighted by Gasteiger charge is -2.31. The number of likely N-dealkylation sites (tertiary alicyclic amines) is 1. The summed E-state index contributed by atoms with van der Waals surface area (Å²) in [6, 6.07) is 22.1. The summed E-state index contributed by atoms with van der Waals surface area (Å²) in [7, 11) is 3.91. The summed E-state index contributed by atoms with van der Waals surface area (Å²) < 4.78 is 11.4. The number of ketones is 1. The number of ether oxygens (including phenoxy) is 2. The third-order valence-corrected chi connectivity index (χ3v) is 7.64. The van der Waals surface area contributed by atoms with E-state index in [1.807, 2.05) is 68.4 Å². The first-order valence-electron chi connectivity index (χ1n) is 14.0. The van der Waals surface area contributed by atoms with Crippen molar-refractivity contribution in [1.82, 2.24) is 9.80 Å². The fourth-order valence-corrected chi connectivity index (χ4v) is 5.32. The van der Waals surface area contributed by atoms with Crippen molar-refractivity contribution >= 4 is 23.1 Å². The number of hydrogen-bond donors (Lipinski definition) is 1. The number of rotatable bonds is 9. The van der Waals surface area contributed by atoms with Crippen molar-refractivity contribution in [2.24, 2.45) is 0 Å². The molecule has 2 aliphatic rings. The van der Waals surface area contributed by atoms with Crippen molar-refractivity contribution in [1.29, 1.82) is 0 Å². The van der Waals surface area contributed by atoms with Crippen molar-refractivity contribution in [2.45, 2.75) is 19.6 Å². The molecule has 214 valence electrons. The van der Waals surface area contributed by atoms with Gasteiger partial charge in [0.1, 0.15) is 18.1 Å². The zero-order valence-electron chi connectivity index (χ0n) is 23.9. The Labute approximate surface area is 241 Å². The highest BCUT2D eigenvalue weighted by Crippen LogP contribution is 2.40. The van der Waals surface area contributed by atoms with Gasteiger partial charge in [-0.15, -0.1) is 0 Å². The van der Waals surface area contributed by atoms with Gasteiger partial charge in [0.05, 0.1) is 24.8 Å². The number of Topliss-reactive ketones (excluding diaryl/α,β-unsaturated/α-hetero) is 1. The van der Waals surface area contributed by atoms with Crippen LogP contribution in [0.2, 0.25) is 0 Å². The predicted octanol–water partition coefficient (Wildman–Crippen LogP) is 4.39. The number of hydrogen-bond acceptors (Lipinski definition) is 7. The van der Waals surface area contributed by atoms with E-state index in [1.165, 1.54) is 5.56 Å². The van der Waals surface area contributed by atoms with Gasteiger partial charge in [-0.05, 0) is 54.4 Å². The van der Waals surface area contributed by atoms with E-state index in [0.29, 0.717) is 44.2 Å². The topological polar surface area (TPSA) is 82.5 Å². The van der Waals surface area contributed by atoms with Gasteiger partial charge in [-0.25, -0.2) is 0 Å². The largest absolute Gasteiger partial charge is 0.507 e. The molecule has 0 radical (unpaired) electrons. The van der Waals surface area contributed by atoms with Crippen LogP contribution in [0.5, 0.6) is 5.75 Å². The minimum Gasteiger partial charge on any atom is -0.507 e. The first-order valence-corrected chi connectivity index (χ1v) is 14.0. The molecule has 1 amide bonds. The lowest BCUT2D eigenvalue weighted by molar-refractivity contribution is -0.140. The number of amides is 1. The van der Waals surface area contributed by atoms with Gasteiger partial charge in [0.2, 0.25) is 0 Å². The summed E-state index contributed by atoms with van der Waals surface area (Å²) in [5, 5.41) is 11.5. The van der Waals surface area contributed by atoms with Gasteiger partial charge in [-0.3, -0.25) is 14.5 Å². The molecule has 3 aromatic carbocycles. The Hall–Kier alpha value is -4.14. The van der Waals surface area contributed by atoms with Crippen molar-refractivity contribution in [3.63, 3.8) is 0 Å². The Balaban J connectivity index is 1.42. The third kappa shape index (κ3) is 6.45. The number of anilines is 1. The molecule has 2 aliphatic heterocycles. The average Bonchev–Trinajstić information content (AvgIpc) is 3.24. The van der Waals surface area contributed by atoms with Gasteiger partial charge in [0, 0.05) is 51.5 Å². The van der Waals surface area contributed by atoms with E-state index in [0.717, 1.165) is 29.9 Å². The van der Waals surface area contributed by atoms with Gasteiger partial charge in [0.15, 0.2) is 0 Å². The van der Waals surface area contributed by atoms with Crippen LogP contribution in [0.3, 0.4) is 0 Å². The van der Waals surface area contributed by atoms with Crippen LogP contribution in [0.1, 0.15) is 28.3 Å². The van der Waals surface area contributed by atoms with Crippen molar-refractivity contribution in [3.05, 3.63) is 101 Å². The summed E-state index contributed by atoms with van der Waals surface area (Å²) >= 11 is 0. The highest BCUT2D eigenvalue weighted by atomic mass is 16.5. The van der Waals surface area contributed by atoms with Gasteiger partial charge < -0.3 is 24.4 Å². The van der Waals surface area contributed by atoms with Crippen LogP contribution in [-0.4, -0.2) is 80.1 Å². The van der Waals surface area contributed by atoms with Crippen LogP contribution < -0.4 is 9.64 Å². The Morgan fingerprint density at radius 2 is 1.68 bits per heavy atom. The summed E-state index contributed by atoms with van der Waals surface area (Å²) in [5.74, 6) is -0.820. The van der Waals surface area contributed by atoms with E-state index < -0.39 is 17.7 Å². The lowest BCUT2D eigenvalue weighted by Crippen LogP contribution is -2.42. The number of aliphatic hydroxyl groups excluding tert-OH is 1. The van der Waals surface area contributed by atoms with Crippen molar-refractivity contribution in [2.75, 3.05) is 58.4 Å². The number of morpholine rings is 1. The summed E-state index contributed by atoms with van der Waals surface area (Å²) in [6.07, 6.45) is 0. The van der Waals surface area contributed by atoms with E-state index >= 15 is 0 Å². The number of carbonyl (C=O) groups is 2. The third-order valence-electron chi connectivity index (χ3n) is 7.64. The second-order valence-corrected chi connectivity index (χ2v) is 10.7. The standard InChI is InChI=1S/C33H37N3O5/c1-23-5-4-6-24(21-23)22-41-28-13-9-26(10-14-28)31(37)29-30(25-7-11-27(12-8-25)34(2)3)36(33(39)32(29)38)16-15-35-17-19-40-20-18-35/h4-14,21,30,37H,15-20,22H2,1-3H3/t30-/m0/s1. The molecule has 0 saturated carbocycles. The molecule has 2 fully saturated rings. The molecule has 3 aromatic rings. The highest BCUT2D eigenvalue weighted by Gasteiger charge is 2.46. The molecule has 2 heterocycles. The normalized spacial score (nSPS) is 19.0. The first kappa shape index (κ1) is 28.4. The molecule has 0 aromatic heterocycles. The fourth-order valence-electron chi connectivity index (χ4n) is 5.32. The quantitative estimate of drug-likeness (QED) is 0.238. The van der Waals surface area contributed by atoms with E-state index in [4.69, 9.17) is 9.47 Å². The molecule has 0 spiro atoms. The van der Waals surface area contributed by atoms with Crippen LogP contribution in [0.15, 0.2) is 78.4 Å². The number of carbonyl (C=O) groups excluding carboxylic acids is 2. The van der Waals surface area contributed by atoms with Crippen LogP contribution >= 0.6 is 0 Å². The fraction of sp³-hybridized carbons (Fsp3) is 0.333. The summed E-state index contributed by atoms with van der Waals surface area (Å²) in [6.45, 7) is 6.32. The average molecular weight is 556 g/mol. The van der Waals surface area contributed by atoms with Crippen LogP contribution in [-0.2, 0) is 20.9 Å². The molecular formula is C33H37N3O5. The Bertz CT molecular complexity index is 1410. The number of aryl methyl sites for hydroxylation is 1. The van der Waals surface area contributed by atoms with Crippen molar-refractivity contribution < 1.29 is 24.2 Å². The van der Waals surface area contributed by atoms with Gasteiger partial charge >= 0.3 is 0 Å². The maximum Gasteiger partial charge on any atom is 0.295 e. The monoisotopic (exact) mass is 555 g/mol. The maximum absolute atomic E-state index is 13.4. The summed E-state index contributed by atoms with van der Waals surface area (Å²) in [5.41, 5.74) is 4.56. The zero-order valence-corrected chi connectivity index (χ0v) is 23.9. The maximum atomic E-state index is 13.4. The van der Waals surface area contributed by atoms with E-state index in [2.05, 4.69) is 11.0 Å². The van der Waals surface area contributed by atoms with E-state index in [9.17, 15) is 14.7 Å². The first-order chi connectivity index (χ1) is 19.8. The number of benzene rings is 3. The molecule has 1 N–H and O–H groups in total. The van der Waals surface area contributed by atoms with Gasteiger partial charge in [-0.2, -0.15) is 0 Å². The molecule has 1 atom stereocenters. The minimum absolute atomic E-state index is 0.100. The molecule has 0 unspecified atom stereocenters. The highest BCUT2D eigenvalue weighted by molar-refractivity contribution is 6.46. The molecular weight excluding hydrogens is 518 g/mol. The van der Waals surface area contributed by atoms with Crippen LogP contribution in [0.4, 0.5) is 5.69 Å². The molecule has 0 bridgehead atoms. The van der Waals surface area contributed by atoms with Gasteiger partial charge in [0.25, 0.3) is 11.7 Å². The summed E-state index contributed by atoms with van der Waals surface area (Å²) in [4.78, 5) is 32.6. The number of nitrogens with zero attached hydrogens (tertiary/aromatic N) is 3. The zero-order chi connectivity index (χ0) is 28.9. The van der Waals surface area contributed by atoms with Crippen molar-refractivity contribution in [3.8, 4) is 5.75 Å². The molecule has 0 aliphatic carbocycles. The lowest BCUT2D eigenvalue weighted by atomic mass is 9.95. The van der Waals surface area contributed by atoms with Gasteiger partial charge in [-0.1, -0.05) is 42.0 Å². The van der Waals surface area contributed by atoms with E-state index in [-0.39, 0.29) is 11.3 Å². The Morgan fingerprint density at radius 3 is 2.34 bits per heavy atom. The predicted molar refractivity (Wildman–Crippen MR) is 159 cm³/mol. The Kier molecular flexibility index (Phi) is 8.71. The Morgan fingerprint density at radius 1 is 0.976 bits per heavy atom. The SMILES string of the molecule is Cc1cccc(COc2ccc(C(O)=C3C(=O)C(=O)N(CCN4CCOCC4)[C@H]3c3ccc(N(C)C)cc3)cc2)c1. The smallest absolute Gasteiger partial charge is 0.295 e. The molecule has 2 saturated heterocycles. The second kappa shape index (κ2) is 12.6.